The molecule has 0 N–H and O–H groups in total. The van der Waals surface area contributed by atoms with Crippen LogP contribution < -0.4 is 26.2 Å². The second kappa shape index (κ2) is 10.5. The molecule has 0 unspecified atom stereocenters. The van der Waals surface area contributed by atoms with E-state index in [1.54, 1.807) is 0 Å². The molecule has 0 aromatic heterocycles. The summed E-state index contributed by atoms with van der Waals surface area (Å²) >= 11 is 0. The molecule has 7 rings (SSSR count). The summed E-state index contributed by atoms with van der Waals surface area (Å²) in [5.41, 5.74) is 18.6. The zero-order valence-corrected chi connectivity index (χ0v) is 25.5. The molecule has 0 saturated heterocycles. The normalized spacial score (nSPS) is 13.1. The molecule has 42 heavy (non-hydrogen) atoms. The molecule has 2 nitrogen and oxygen atoms in total. The Morgan fingerprint density at radius 3 is 1.86 bits per heavy atom. The van der Waals surface area contributed by atoms with E-state index in [-0.39, 0.29) is 6.71 Å². The number of aryl methyl sites for hydroxylation is 5. The zero-order valence-electron chi connectivity index (χ0n) is 25.5. The van der Waals surface area contributed by atoms with E-state index >= 15 is 0 Å². The molecular formula is C39H39BN2. The molecule has 0 bridgehead atoms. The van der Waals surface area contributed by atoms with E-state index < -0.39 is 0 Å². The van der Waals surface area contributed by atoms with Crippen molar-refractivity contribution in [1.29, 1.82) is 0 Å². The quantitative estimate of drug-likeness (QED) is 0.193. The van der Waals surface area contributed by atoms with Crippen molar-refractivity contribution in [2.75, 3.05) is 9.80 Å². The Labute approximate surface area is 251 Å². The monoisotopic (exact) mass is 546 g/mol. The van der Waals surface area contributed by atoms with Gasteiger partial charge in [-0.15, -0.1) is 0 Å². The summed E-state index contributed by atoms with van der Waals surface area (Å²) in [6.45, 7) is 11.5. The number of benzene rings is 5. The second-order valence-electron chi connectivity index (χ2n) is 12.2. The number of rotatable bonds is 6. The predicted molar refractivity (Wildman–Crippen MR) is 183 cm³/mol. The molecular weight excluding hydrogens is 507 g/mol. The van der Waals surface area contributed by atoms with Crippen LogP contribution in [0.1, 0.15) is 54.5 Å². The van der Waals surface area contributed by atoms with Crippen molar-refractivity contribution in [3.63, 3.8) is 0 Å². The van der Waals surface area contributed by atoms with Crippen molar-refractivity contribution >= 4 is 57.2 Å². The van der Waals surface area contributed by atoms with Gasteiger partial charge in [0, 0.05) is 11.4 Å². The number of nitrogens with zero attached hydrogens (tertiary/aromatic N) is 2. The minimum absolute atomic E-state index is 0.169. The van der Waals surface area contributed by atoms with Crippen molar-refractivity contribution in [2.24, 2.45) is 0 Å². The first-order chi connectivity index (χ1) is 20.5. The highest BCUT2D eigenvalue weighted by Gasteiger charge is 2.42. The smallest absolute Gasteiger partial charge is 0.247 e. The third-order valence-electron chi connectivity index (χ3n) is 9.13. The molecule has 5 aromatic rings. The van der Waals surface area contributed by atoms with E-state index in [9.17, 15) is 0 Å². The highest BCUT2D eigenvalue weighted by molar-refractivity contribution is 6.98. The number of para-hydroxylation sites is 3. The summed E-state index contributed by atoms with van der Waals surface area (Å²) < 4.78 is 0. The second-order valence-corrected chi connectivity index (χ2v) is 12.2. The third-order valence-corrected chi connectivity index (χ3v) is 9.13. The van der Waals surface area contributed by atoms with Gasteiger partial charge in [0.15, 0.2) is 0 Å². The van der Waals surface area contributed by atoms with Crippen LogP contribution in [0.15, 0.2) is 97.1 Å². The lowest BCUT2D eigenvalue weighted by Gasteiger charge is -2.46. The number of anilines is 6. The first-order valence-electron chi connectivity index (χ1n) is 15.6. The van der Waals surface area contributed by atoms with E-state index in [1.165, 1.54) is 78.3 Å². The van der Waals surface area contributed by atoms with Gasteiger partial charge in [0.2, 0.25) is 6.71 Å². The van der Waals surface area contributed by atoms with Gasteiger partial charge >= 0.3 is 0 Å². The van der Waals surface area contributed by atoms with Gasteiger partial charge < -0.3 is 9.80 Å². The Kier molecular flexibility index (Phi) is 6.69. The van der Waals surface area contributed by atoms with Gasteiger partial charge in [-0.3, -0.25) is 0 Å². The largest absolute Gasteiger partial charge is 0.307 e. The molecule has 0 amide bonds. The van der Waals surface area contributed by atoms with Gasteiger partial charge in [0.05, 0.1) is 22.7 Å². The molecule has 208 valence electrons. The van der Waals surface area contributed by atoms with E-state index in [2.05, 4.69) is 141 Å². The molecule has 2 aliphatic rings. The average molecular weight is 547 g/mol. The van der Waals surface area contributed by atoms with Gasteiger partial charge in [-0.2, -0.15) is 0 Å². The van der Waals surface area contributed by atoms with Crippen molar-refractivity contribution in [1.82, 2.24) is 0 Å². The van der Waals surface area contributed by atoms with E-state index in [0.29, 0.717) is 0 Å². The Balaban J connectivity index is 1.53. The maximum Gasteiger partial charge on any atom is 0.247 e. The third kappa shape index (κ3) is 4.17. The van der Waals surface area contributed by atoms with Crippen molar-refractivity contribution in [3.8, 4) is 0 Å². The number of fused-ring (bicyclic) bond motifs is 4. The van der Waals surface area contributed by atoms with Crippen LogP contribution in [-0.2, 0) is 12.8 Å². The standard InChI is InChI=1S/C39H39BN2/c1-6-11-29-17-20-31(21-18-29)41-35-14-8-9-15-36(35)42-34-22-19-30(12-7-2)25-33(34)40(32-13-10-16-37(41)39(32)42)38-27(4)23-26(3)24-28(38)5/h8-10,13-25H,6-7,11-12H2,1-5H3. The summed E-state index contributed by atoms with van der Waals surface area (Å²) in [6, 6.07) is 37.0. The van der Waals surface area contributed by atoms with Crippen LogP contribution in [0, 0.1) is 20.8 Å². The topological polar surface area (TPSA) is 6.48 Å². The summed E-state index contributed by atoms with van der Waals surface area (Å²) in [4.78, 5) is 5.02. The van der Waals surface area contributed by atoms with Crippen molar-refractivity contribution in [3.05, 3.63) is 125 Å². The molecule has 0 aliphatic carbocycles. The molecule has 0 fully saturated rings. The van der Waals surface area contributed by atoms with Crippen LogP contribution in [0.3, 0.4) is 0 Å². The van der Waals surface area contributed by atoms with Crippen molar-refractivity contribution in [2.45, 2.75) is 60.3 Å². The first kappa shape index (κ1) is 26.7. The fraction of sp³-hybridized carbons (Fsp3) is 0.231. The first-order valence-corrected chi connectivity index (χ1v) is 15.6. The van der Waals surface area contributed by atoms with Crippen LogP contribution in [0.25, 0.3) is 0 Å². The van der Waals surface area contributed by atoms with Gasteiger partial charge in [0.1, 0.15) is 0 Å². The summed E-state index contributed by atoms with van der Waals surface area (Å²) in [7, 11) is 0. The maximum absolute atomic E-state index is 2.54. The molecule has 2 aliphatic heterocycles. The minimum Gasteiger partial charge on any atom is -0.307 e. The molecule has 5 aromatic carbocycles. The SMILES string of the molecule is CCCc1ccc(N2c3ccccc3N3c4ccc(CCC)cc4B(c4c(C)cc(C)cc4C)c4cccc2c43)cc1. The van der Waals surface area contributed by atoms with E-state index in [4.69, 9.17) is 0 Å². The molecule has 0 atom stereocenters. The molecule has 0 spiro atoms. The lowest BCUT2D eigenvalue weighted by molar-refractivity contribution is 0.921. The molecule has 2 heterocycles. The lowest BCUT2D eigenvalue weighted by Crippen LogP contribution is -2.59. The Bertz CT molecular complexity index is 1780. The predicted octanol–water partition coefficient (Wildman–Crippen LogP) is 8.60. The van der Waals surface area contributed by atoms with E-state index in [1.807, 2.05) is 0 Å². The molecule has 0 radical (unpaired) electrons. The molecule has 3 heteroatoms. The maximum atomic E-state index is 2.54. The zero-order chi connectivity index (χ0) is 29.0. The van der Waals surface area contributed by atoms with Gasteiger partial charge in [-0.1, -0.05) is 110 Å². The summed E-state index contributed by atoms with van der Waals surface area (Å²) in [5.74, 6) is 0. The minimum atomic E-state index is 0.169. The highest BCUT2D eigenvalue weighted by atomic mass is 15.3. The summed E-state index contributed by atoms with van der Waals surface area (Å²) in [5, 5.41) is 0. The highest BCUT2D eigenvalue weighted by Crippen LogP contribution is 2.54. The fourth-order valence-electron chi connectivity index (χ4n) is 7.54. The van der Waals surface area contributed by atoms with Crippen LogP contribution in [0.2, 0.25) is 0 Å². The Morgan fingerprint density at radius 2 is 1.17 bits per heavy atom. The van der Waals surface area contributed by atoms with Crippen LogP contribution >= 0.6 is 0 Å². The Morgan fingerprint density at radius 1 is 0.548 bits per heavy atom. The van der Waals surface area contributed by atoms with Crippen molar-refractivity contribution < 1.29 is 0 Å². The fourth-order valence-corrected chi connectivity index (χ4v) is 7.54. The average Bonchev–Trinajstić information content (AvgIpc) is 2.98. The summed E-state index contributed by atoms with van der Waals surface area (Å²) in [6.07, 6.45) is 4.51. The van der Waals surface area contributed by atoms with Gasteiger partial charge in [-0.05, 0) is 92.1 Å². The van der Waals surface area contributed by atoms with Crippen LogP contribution in [-0.4, -0.2) is 6.71 Å². The van der Waals surface area contributed by atoms with E-state index in [0.717, 1.165) is 25.7 Å². The Hall–Kier alpha value is -4.24. The number of hydrogen-bond donors (Lipinski definition) is 0. The molecule has 0 saturated carbocycles. The lowest BCUT2D eigenvalue weighted by atomic mass is 9.33. The van der Waals surface area contributed by atoms with Crippen LogP contribution in [0.5, 0.6) is 0 Å². The van der Waals surface area contributed by atoms with Crippen LogP contribution in [0.4, 0.5) is 34.1 Å². The number of hydrogen-bond acceptors (Lipinski definition) is 2. The van der Waals surface area contributed by atoms with Gasteiger partial charge in [0.25, 0.3) is 0 Å². The van der Waals surface area contributed by atoms with Gasteiger partial charge in [-0.25, -0.2) is 0 Å².